The Morgan fingerprint density at radius 3 is 3.21 bits per heavy atom. The predicted octanol–water partition coefficient (Wildman–Crippen LogP) is 1.30. The number of ether oxygens (including phenoxy) is 1. The van der Waals surface area contributed by atoms with Gasteiger partial charge in [0.05, 0.1) is 6.61 Å². The lowest BCUT2D eigenvalue weighted by molar-refractivity contribution is 0.0526. The molecule has 2 rings (SSSR count). The van der Waals surface area contributed by atoms with Crippen LogP contribution >= 0.6 is 0 Å². The Morgan fingerprint density at radius 1 is 1.63 bits per heavy atom. The van der Waals surface area contributed by atoms with E-state index in [4.69, 9.17) is 4.74 Å². The molecule has 0 amide bonds. The first kappa shape index (κ1) is 13.8. The van der Waals surface area contributed by atoms with Gasteiger partial charge in [-0.15, -0.1) is 0 Å². The van der Waals surface area contributed by atoms with Crippen LogP contribution in [0.25, 0.3) is 0 Å². The van der Waals surface area contributed by atoms with E-state index in [0.29, 0.717) is 18.1 Å². The molecule has 0 radical (unpaired) electrons. The maximum Gasteiger partial charge on any atom is 0.341 e. The fourth-order valence-corrected chi connectivity index (χ4v) is 2.50. The third-order valence-electron chi connectivity index (χ3n) is 3.36. The highest BCUT2D eigenvalue weighted by Crippen LogP contribution is 2.25. The number of esters is 1. The number of nitrogens with one attached hydrogen (secondary N) is 1. The van der Waals surface area contributed by atoms with Crippen LogP contribution in [0, 0.1) is 5.92 Å². The molecule has 0 aromatic carbocycles. The van der Waals surface area contributed by atoms with Gasteiger partial charge >= 0.3 is 5.97 Å². The van der Waals surface area contributed by atoms with Gasteiger partial charge in [0.25, 0.3) is 0 Å². The molecule has 1 fully saturated rings. The van der Waals surface area contributed by atoms with Gasteiger partial charge in [-0.25, -0.2) is 9.78 Å². The van der Waals surface area contributed by atoms with Crippen molar-refractivity contribution in [2.45, 2.75) is 13.3 Å². The highest BCUT2D eigenvalue weighted by Gasteiger charge is 2.26. The van der Waals surface area contributed by atoms with Crippen molar-refractivity contribution in [2.75, 3.05) is 38.2 Å². The first-order chi connectivity index (χ1) is 9.26. The number of hydrogen-bond donors (Lipinski definition) is 1. The molecule has 5 nitrogen and oxygen atoms in total. The summed E-state index contributed by atoms with van der Waals surface area (Å²) in [6.07, 6.45) is 2.85. The van der Waals surface area contributed by atoms with Gasteiger partial charge in [-0.3, -0.25) is 0 Å². The Bertz CT molecular complexity index is 436. The molecule has 1 aromatic heterocycles. The number of carbonyl (C=O) groups is 1. The molecule has 19 heavy (non-hydrogen) atoms. The van der Waals surface area contributed by atoms with Gasteiger partial charge in [0.15, 0.2) is 0 Å². The zero-order valence-electron chi connectivity index (χ0n) is 11.6. The van der Waals surface area contributed by atoms with Gasteiger partial charge in [0.2, 0.25) is 0 Å². The summed E-state index contributed by atoms with van der Waals surface area (Å²) in [4.78, 5) is 18.5. The molecule has 0 bridgehead atoms. The van der Waals surface area contributed by atoms with Crippen molar-refractivity contribution in [3.8, 4) is 0 Å². The number of nitrogens with zero attached hydrogens (tertiary/aromatic N) is 2. The van der Waals surface area contributed by atoms with Gasteiger partial charge in [-0.1, -0.05) is 0 Å². The first-order valence-electron chi connectivity index (χ1n) is 6.78. The fraction of sp³-hybridized carbons (Fsp3) is 0.571. The van der Waals surface area contributed by atoms with Crippen molar-refractivity contribution >= 4 is 11.8 Å². The van der Waals surface area contributed by atoms with E-state index in [1.165, 1.54) is 0 Å². The van der Waals surface area contributed by atoms with Crippen LogP contribution in [0.2, 0.25) is 0 Å². The molecule has 104 valence electrons. The highest BCUT2D eigenvalue weighted by molar-refractivity contribution is 5.94. The minimum absolute atomic E-state index is 0.289. The van der Waals surface area contributed by atoms with Crippen molar-refractivity contribution in [2.24, 2.45) is 5.92 Å². The van der Waals surface area contributed by atoms with Crippen LogP contribution in [0.4, 0.5) is 5.82 Å². The summed E-state index contributed by atoms with van der Waals surface area (Å²) in [5.41, 5.74) is 0.564. The number of anilines is 1. The monoisotopic (exact) mass is 263 g/mol. The molecular formula is C14H21N3O2. The van der Waals surface area contributed by atoms with E-state index in [2.05, 4.69) is 15.2 Å². The molecule has 1 aliphatic heterocycles. The zero-order valence-corrected chi connectivity index (χ0v) is 11.6. The molecule has 5 heteroatoms. The van der Waals surface area contributed by atoms with Crippen molar-refractivity contribution < 1.29 is 9.53 Å². The summed E-state index contributed by atoms with van der Waals surface area (Å²) in [7, 11) is 1.97. The summed E-state index contributed by atoms with van der Waals surface area (Å²) in [6.45, 7) is 5.07. The second kappa shape index (κ2) is 6.52. The van der Waals surface area contributed by atoms with Crippen LogP contribution in [0.3, 0.4) is 0 Å². The van der Waals surface area contributed by atoms with Gasteiger partial charge in [-0.05, 0) is 45.0 Å². The lowest BCUT2D eigenvalue weighted by Gasteiger charge is -2.19. The number of rotatable bonds is 5. The number of aromatic nitrogens is 1. The maximum atomic E-state index is 11.9. The number of pyridine rings is 1. The summed E-state index contributed by atoms with van der Waals surface area (Å²) < 4.78 is 5.08. The molecule has 0 saturated carbocycles. The molecule has 1 unspecified atom stereocenters. The zero-order chi connectivity index (χ0) is 13.7. The SMILES string of the molecule is CCOC(=O)c1cccnc1N1CCC(CNC)C1. The average Bonchev–Trinajstić information content (AvgIpc) is 2.88. The second-order valence-electron chi connectivity index (χ2n) is 4.75. The van der Waals surface area contributed by atoms with Crippen molar-refractivity contribution in [3.05, 3.63) is 23.9 Å². The van der Waals surface area contributed by atoms with Gasteiger partial charge in [-0.2, -0.15) is 0 Å². The topological polar surface area (TPSA) is 54.5 Å². The molecule has 1 N–H and O–H groups in total. The lowest BCUT2D eigenvalue weighted by atomic mass is 10.1. The average molecular weight is 263 g/mol. The molecule has 2 heterocycles. The fourth-order valence-electron chi connectivity index (χ4n) is 2.50. The molecule has 1 saturated heterocycles. The highest BCUT2D eigenvalue weighted by atomic mass is 16.5. The van der Waals surface area contributed by atoms with E-state index in [1.54, 1.807) is 18.3 Å². The Labute approximate surface area is 114 Å². The summed E-state index contributed by atoms with van der Waals surface area (Å²) >= 11 is 0. The third kappa shape index (κ3) is 3.23. The van der Waals surface area contributed by atoms with E-state index < -0.39 is 0 Å². The van der Waals surface area contributed by atoms with Gasteiger partial charge < -0.3 is 15.0 Å². The van der Waals surface area contributed by atoms with Gasteiger partial charge in [0.1, 0.15) is 11.4 Å². The lowest BCUT2D eigenvalue weighted by Crippen LogP contribution is -2.26. The Balaban J connectivity index is 2.14. The van der Waals surface area contributed by atoms with E-state index in [-0.39, 0.29) is 5.97 Å². The third-order valence-corrected chi connectivity index (χ3v) is 3.36. The van der Waals surface area contributed by atoms with E-state index in [9.17, 15) is 4.79 Å². The smallest absolute Gasteiger partial charge is 0.341 e. The van der Waals surface area contributed by atoms with Crippen LogP contribution in [-0.4, -0.2) is 44.2 Å². The predicted molar refractivity (Wildman–Crippen MR) is 74.4 cm³/mol. The molecule has 1 aromatic rings. The summed E-state index contributed by atoms with van der Waals surface area (Å²) in [5.74, 6) is 1.07. The molecule has 1 aliphatic rings. The normalized spacial score (nSPS) is 18.6. The van der Waals surface area contributed by atoms with E-state index in [0.717, 1.165) is 31.9 Å². The van der Waals surface area contributed by atoms with Gasteiger partial charge in [0, 0.05) is 19.3 Å². The van der Waals surface area contributed by atoms with Crippen LogP contribution in [0.5, 0.6) is 0 Å². The van der Waals surface area contributed by atoms with Crippen LogP contribution in [0.1, 0.15) is 23.7 Å². The standard InChI is InChI=1S/C14H21N3O2/c1-3-19-14(18)12-5-4-7-16-13(12)17-8-6-11(10-17)9-15-2/h4-5,7,11,15H,3,6,8-10H2,1-2H3. The number of hydrogen-bond acceptors (Lipinski definition) is 5. The van der Waals surface area contributed by atoms with Crippen molar-refractivity contribution in [3.63, 3.8) is 0 Å². The van der Waals surface area contributed by atoms with Crippen molar-refractivity contribution in [1.82, 2.24) is 10.3 Å². The molecular weight excluding hydrogens is 242 g/mol. The second-order valence-corrected chi connectivity index (χ2v) is 4.75. The summed E-state index contributed by atoms with van der Waals surface area (Å²) in [5, 5.41) is 3.20. The van der Waals surface area contributed by atoms with Crippen LogP contribution < -0.4 is 10.2 Å². The Hall–Kier alpha value is -1.62. The van der Waals surface area contributed by atoms with E-state index >= 15 is 0 Å². The molecule has 1 atom stereocenters. The first-order valence-corrected chi connectivity index (χ1v) is 6.78. The van der Waals surface area contributed by atoms with E-state index in [1.807, 2.05) is 14.0 Å². The largest absolute Gasteiger partial charge is 0.462 e. The minimum atomic E-state index is -0.289. The number of carbonyl (C=O) groups excluding carboxylic acids is 1. The minimum Gasteiger partial charge on any atom is -0.462 e. The van der Waals surface area contributed by atoms with Crippen molar-refractivity contribution in [1.29, 1.82) is 0 Å². The summed E-state index contributed by atoms with van der Waals surface area (Å²) in [6, 6.07) is 3.56. The maximum absolute atomic E-state index is 11.9. The van der Waals surface area contributed by atoms with Crippen LogP contribution in [-0.2, 0) is 4.74 Å². The Morgan fingerprint density at radius 2 is 2.47 bits per heavy atom. The Kier molecular flexibility index (Phi) is 4.74. The molecule has 0 spiro atoms. The quantitative estimate of drug-likeness (QED) is 0.812. The van der Waals surface area contributed by atoms with Crippen LogP contribution in [0.15, 0.2) is 18.3 Å². The molecule has 0 aliphatic carbocycles.